The molecule has 1 aliphatic rings. The van der Waals surface area contributed by atoms with Gasteiger partial charge in [-0.2, -0.15) is 0 Å². The molecular weight excluding hydrogens is 333 g/mol. The van der Waals surface area contributed by atoms with E-state index in [-0.39, 0.29) is 22.4 Å². The normalized spacial score (nSPS) is 12.1. The maximum atomic E-state index is 12.6. The Morgan fingerprint density at radius 1 is 1.00 bits per heavy atom. The molecule has 6 heteroatoms. The van der Waals surface area contributed by atoms with Crippen LogP contribution >= 0.6 is 34.8 Å². The van der Waals surface area contributed by atoms with E-state index in [1.807, 2.05) is 0 Å². The Balaban J connectivity index is 2.35. The highest BCUT2D eigenvalue weighted by Gasteiger charge is 2.33. The molecule has 2 aromatic rings. The lowest BCUT2D eigenvalue weighted by Crippen LogP contribution is -2.11. The molecule has 0 aliphatic heterocycles. The highest BCUT2D eigenvalue weighted by Crippen LogP contribution is 2.47. The summed E-state index contributed by atoms with van der Waals surface area (Å²) in [5.41, 5.74) is 2.29. The largest absolute Gasteiger partial charge is 0.324 e. The highest BCUT2D eigenvalue weighted by molar-refractivity contribution is 6.43. The number of anilines is 1. The van der Waals surface area contributed by atoms with Crippen molar-refractivity contribution in [1.29, 1.82) is 0 Å². The number of amides is 1. The third-order valence-electron chi connectivity index (χ3n) is 3.25. The summed E-state index contributed by atoms with van der Waals surface area (Å²) in [4.78, 5) is 24.0. The fraction of sp³-hybridized carbons (Fsp3) is 0.0667. The van der Waals surface area contributed by atoms with Crippen molar-refractivity contribution in [2.45, 2.75) is 6.92 Å². The third kappa shape index (κ3) is 2.22. The number of rotatable bonds is 1. The SMILES string of the molecule is CC(=O)Nc1c(Cl)cc(Cl)c2c1C(=O)c1cc(Cl)ccc1-2. The zero-order chi connectivity index (χ0) is 15.3. The van der Waals surface area contributed by atoms with Gasteiger partial charge in [-0.25, -0.2) is 0 Å². The number of carbonyl (C=O) groups is 2. The average molecular weight is 341 g/mol. The highest BCUT2D eigenvalue weighted by atomic mass is 35.5. The van der Waals surface area contributed by atoms with Crippen molar-refractivity contribution in [1.82, 2.24) is 0 Å². The molecule has 0 saturated heterocycles. The monoisotopic (exact) mass is 339 g/mol. The maximum Gasteiger partial charge on any atom is 0.221 e. The molecule has 0 spiro atoms. The fourth-order valence-electron chi connectivity index (χ4n) is 2.47. The number of benzene rings is 2. The van der Waals surface area contributed by atoms with Crippen LogP contribution in [0.25, 0.3) is 11.1 Å². The molecular formula is C15H8Cl3NO2. The van der Waals surface area contributed by atoms with E-state index in [0.29, 0.717) is 32.3 Å². The number of nitrogens with one attached hydrogen (secondary N) is 1. The van der Waals surface area contributed by atoms with Gasteiger partial charge >= 0.3 is 0 Å². The third-order valence-corrected chi connectivity index (χ3v) is 4.09. The summed E-state index contributed by atoms with van der Waals surface area (Å²) in [6.07, 6.45) is 0. The molecule has 0 saturated carbocycles. The minimum Gasteiger partial charge on any atom is -0.324 e. The Hall–Kier alpha value is -1.55. The molecule has 0 heterocycles. The molecule has 1 amide bonds. The van der Waals surface area contributed by atoms with E-state index < -0.39 is 0 Å². The zero-order valence-electron chi connectivity index (χ0n) is 10.8. The van der Waals surface area contributed by atoms with E-state index in [1.54, 1.807) is 18.2 Å². The van der Waals surface area contributed by atoms with E-state index in [2.05, 4.69) is 5.32 Å². The van der Waals surface area contributed by atoms with Crippen molar-refractivity contribution < 1.29 is 9.59 Å². The lowest BCUT2D eigenvalue weighted by molar-refractivity contribution is -0.114. The maximum absolute atomic E-state index is 12.6. The van der Waals surface area contributed by atoms with Gasteiger partial charge in [0.2, 0.25) is 5.91 Å². The number of ketones is 1. The predicted octanol–water partition coefficient (Wildman–Crippen LogP) is 4.82. The standard InChI is InChI=1S/C15H8Cl3NO2/c1-6(20)19-14-11(18)5-10(17)12-8-3-2-7(16)4-9(8)15(21)13(12)14/h2-5H,1H3,(H,19,20). The topological polar surface area (TPSA) is 46.2 Å². The first-order valence-electron chi connectivity index (χ1n) is 6.04. The second-order valence-electron chi connectivity index (χ2n) is 4.67. The number of hydrogen-bond acceptors (Lipinski definition) is 2. The van der Waals surface area contributed by atoms with Crippen molar-refractivity contribution in [3.8, 4) is 11.1 Å². The summed E-state index contributed by atoms with van der Waals surface area (Å²) in [7, 11) is 0. The first kappa shape index (κ1) is 14.4. The van der Waals surface area contributed by atoms with E-state index >= 15 is 0 Å². The minimum atomic E-state index is -0.316. The van der Waals surface area contributed by atoms with Gasteiger partial charge in [-0.1, -0.05) is 40.9 Å². The fourth-order valence-corrected chi connectivity index (χ4v) is 3.25. The Bertz CT molecular complexity index is 815. The van der Waals surface area contributed by atoms with Crippen LogP contribution in [0.1, 0.15) is 22.8 Å². The minimum absolute atomic E-state index is 0.223. The molecule has 0 aromatic heterocycles. The summed E-state index contributed by atoms with van der Waals surface area (Å²) in [6.45, 7) is 1.35. The van der Waals surface area contributed by atoms with E-state index in [4.69, 9.17) is 34.8 Å². The van der Waals surface area contributed by atoms with Gasteiger partial charge in [-0.15, -0.1) is 0 Å². The van der Waals surface area contributed by atoms with Crippen LogP contribution in [0.4, 0.5) is 5.69 Å². The molecule has 106 valence electrons. The van der Waals surface area contributed by atoms with Crippen LogP contribution in [0.5, 0.6) is 0 Å². The van der Waals surface area contributed by atoms with Crippen molar-refractivity contribution in [2.24, 2.45) is 0 Å². The van der Waals surface area contributed by atoms with Gasteiger partial charge < -0.3 is 5.32 Å². The summed E-state index contributed by atoms with van der Waals surface area (Å²) >= 11 is 18.3. The van der Waals surface area contributed by atoms with Crippen LogP contribution in [-0.4, -0.2) is 11.7 Å². The van der Waals surface area contributed by atoms with E-state index in [1.165, 1.54) is 13.0 Å². The summed E-state index contributed by atoms with van der Waals surface area (Å²) < 4.78 is 0. The molecule has 0 atom stereocenters. The summed E-state index contributed by atoms with van der Waals surface area (Å²) in [6, 6.07) is 6.52. The lowest BCUT2D eigenvalue weighted by atomic mass is 10.0. The van der Waals surface area contributed by atoms with Crippen molar-refractivity contribution in [2.75, 3.05) is 5.32 Å². The zero-order valence-corrected chi connectivity index (χ0v) is 13.0. The molecule has 1 aliphatic carbocycles. The van der Waals surface area contributed by atoms with Crippen LogP contribution < -0.4 is 5.32 Å². The smallest absolute Gasteiger partial charge is 0.221 e. The molecule has 3 nitrogen and oxygen atoms in total. The Kier molecular flexibility index (Phi) is 3.44. The van der Waals surface area contributed by atoms with Gasteiger partial charge in [0.15, 0.2) is 5.78 Å². The Morgan fingerprint density at radius 2 is 1.71 bits per heavy atom. The second kappa shape index (κ2) is 5.02. The molecule has 21 heavy (non-hydrogen) atoms. The van der Waals surface area contributed by atoms with Crippen LogP contribution in [0, 0.1) is 0 Å². The predicted molar refractivity (Wildman–Crippen MR) is 84.6 cm³/mol. The van der Waals surface area contributed by atoms with Crippen LogP contribution in [0.3, 0.4) is 0 Å². The number of fused-ring (bicyclic) bond motifs is 3. The van der Waals surface area contributed by atoms with Gasteiger partial charge in [0.25, 0.3) is 0 Å². The van der Waals surface area contributed by atoms with Crippen LogP contribution in [0.2, 0.25) is 15.1 Å². The van der Waals surface area contributed by atoms with Gasteiger partial charge in [0, 0.05) is 23.1 Å². The van der Waals surface area contributed by atoms with Gasteiger partial charge in [-0.3, -0.25) is 9.59 Å². The molecule has 2 aromatic carbocycles. The molecule has 0 radical (unpaired) electrons. The quantitative estimate of drug-likeness (QED) is 0.690. The number of halogens is 3. The van der Waals surface area contributed by atoms with Crippen molar-refractivity contribution in [3.05, 3.63) is 50.5 Å². The molecule has 1 N–H and O–H groups in total. The van der Waals surface area contributed by atoms with Crippen molar-refractivity contribution in [3.63, 3.8) is 0 Å². The molecule has 0 bridgehead atoms. The van der Waals surface area contributed by atoms with Gasteiger partial charge in [-0.05, 0) is 23.8 Å². The second-order valence-corrected chi connectivity index (χ2v) is 5.92. The van der Waals surface area contributed by atoms with E-state index in [0.717, 1.165) is 0 Å². The molecule has 0 unspecified atom stereocenters. The average Bonchev–Trinajstić information content (AvgIpc) is 2.68. The molecule has 0 fully saturated rings. The number of hydrogen-bond donors (Lipinski definition) is 1. The lowest BCUT2D eigenvalue weighted by Gasteiger charge is -2.12. The van der Waals surface area contributed by atoms with Crippen LogP contribution in [0.15, 0.2) is 24.3 Å². The van der Waals surface area contributed by atoms with Crippen molar-refractivity contribution >= 4 is 52.2 Å². The Morgan fingerprint density at radius 3 is 2.38 bits per heavy atom. The van der Waals surface area contributed by atoms with E-state index in [9.17, 15) is 9.59 Å². The first-order chi connectivity index (χ1) is 9.90. The summed E-state index contributed by atoms with van der Waals surface area (Å²) in [5, 5.41) is 3.64. The summed E-state index contributed by atoms with van der Waals surface area (Å²) in [5.74, 6) is -0.570. The Labute approximate surface area is 135 Å². The molecule has 3 rings (SSSR count). The van der Waals surface area contributed by atoms with Gasteiger partial charge in [0.05, 0.1) is 21.3 Å². The van der Waals surface area contributed by atoms with Gasteiger partial charge in [0.1, 0.15) is 0 Å². The first-order valence-corrected chi connectivity index (χ1v) is 7.17. The number of carbonyl (C=O) groups excluding carboxylic acids is 2. The van der Waals surface area contributed by atoms with Crippen LogP contribution in [-0.2, 0) is 4.79 Å².